The number of benzene rings is 1. The van der Waals surface area contributed by atoms with Crippen LogP contribution >= 0.6 is 0 Å². The van der Waals surface area contributed by atoms with E-state index in [2.05, 4.69) is 0 Å². The number of halogens is 3. The number of hydrogen-bond donors (Lipinski definition) is 2. The van der Waals surface area contributed by atoms with Crippen molar-refractivity contribution in [2.45, 2.75) is 19.3 Å². The standard InChI is InChI=1S/C10H8F3NO3/c11-10(12,13)9(17)14-3-5-1-7(15)8(16)2-6(5)4-14/h1-2,15-16H,3-4H2. The molecule has 0 saturated heterocycles. The fourth-order valence-electron chi connectivity index (χ4n) is 1.75. The van der Waals surface area contributed by atoms with Crippen molar-refractivity contribution in [1.82, 2.24) is 4.90 Å². The summed E-state index contributed by atoms with van der Waals surface area (Å²) in [6, 6.07) is 2.32. The zero-order valence-electron chi connectivity index (χ0n) is 8.45. The molecule has 1 aromatic rings. The molecule has 1 amide bonds. The minimum atomic E-state index is -4.91. The molecule has 1 aromatic carbocycles. The van der Waals surface area contributed by atoms with Crippen LogP contribution in [0.3, 0.4) is 0 Å². The first-order chi connectivity index (χ1) is 7.79. The van der Waals surface area contributed by atoms with Crippen LogP contribution in [0, 0.1) is 0 Å². The molecule has 0 aliphatic carbocycles. The summed E-state index contributed by atoms with van der Waals surface area (Å²) in [4.78, 5) is 11.6. The van der Waals surface area contributed by atoms with E-state index in [0.717, 1.165) is 12.1 Å². The van der Waals surface area contributed by atoms with Gasteiger partial charge >= 0.3 is 12.1 Å². The molecule has 1 heterocycles. The van der Waals surface area contributed by atoms with Crippen molar-refractivity contribution in [3.63, 3.8) is 0 Å². The molecule has 92 valence electrons. The van der Waals surface area contributed by atoms with Crippen LogP contribution in [0.2, 0.25) is 0 Å². The topological polar surface area (TPSA) is 60.8 Å². The average Bonchev–Trinajstić information content (AvgIpc) is 2.59. The van der Waals surface area contributed by atoms with Crippen LogP contribution in [0.5, 0.6) is 11.5 Å². The number of carbonyl (C=O) groups excluding carboxylic acids is 1. The molecule has 0 bridgehead atoms. The molecular formula is C10H8F3NO3. The van der Waals surface area contributed by atoms with Gasteiger partial charge in [-0.15, -0.1) is 0 Å². The third-order valence-electron chi connectivity index (χ3n) is 2.55. The summed E-state index contributed by atoms with van der Waals surface area (Å²) in [5.41, 5.74) is 0.802. The van der Waals surface area contributed by atoms with Crippen LogP contribution in [0.1, 0.15) is 11.1 Å². The minimum Gasteiger partial charge on any atom is -0.504 e. The smallest absolute Gasteiger partial charge is 0.471 e. The summed E-state index contributed by atoms with van der Waals surface area (Å²) in [6.07, 6.45) is -4.91. The van der Waals surface area contributed by atoms with Gasteiger partial charge in [-0.1, -0.05) is 0 Å². The average molecular weight is 247 g/mol. The van der Waals surface area contributed by atoms with E-state index in [1.807, 2.05) is 0 Å². The van der Waals surface area contributed by atoms with Crippen molar-refractivity contribution < 1.29 is 28.2 Å². The number of carbonyl (C=O) groups is 1. The van der Waals surface area contributed by atoms with Gasteiger partial charge in [-0.25, -0.2) is 0 Å². The van der Waals surface area contributed by atoms with Gasteiger partial charge in [0.25, 0.3) is 0 Å². The summed E-state index contributed by atoms with van der Waals surface area (Å²) in [6.45, 7) is -0.441. The van der Waals surface area contributed by atoms with Gasteiger partial charge in [0.2, 0.25) is 0 Å². The van der Waals surface area contributed by atoms with Crippen LogP contribution in [-0.4, -0.2) is 27.2 Å². The number of aromatic hydroxyl groups is 2. The molecule has 2 rings (SSSR count). The fraction of sp³-hybridized carbons (Fsp3) is 0.300. The Hall–Kier alpha value is -1.92. The van der Waals surface area contributed by atoms with Crippen LogP contribution in [-0.2, 0) is 17.9 Å². The van der Waals surface area contributed by atoms with Crippen molar-refractivity contribution in [2.24, 2.45) is 0 Å². The fourth-order valence-corrected chi connectivity index (χ4v) is 1.75. The van der Waals surface area contributed by atoms with Gasteiger partial charge in [0.1, 0.15) is 0 Å². The molecule has 1 aliphatic rings. The lowest BCUT2D eigenvalue weighted by Gasteiger charge is -2.16. The molecule has 17 heavy (non-hydrogen) atoms. The lowest BCUT2D eigenvalue weighted by atomic mass is 10.1. The highest BCUT2D eigenvalue weighted by molar-refractivity contribution is 5.82. The monoisotopic (exact) mass is 247 g/mol. The number of alkyl halides is 3. The molecule has 2 N–H and O–H groups in total. The lowest BCUT2D eigenvalue weighted by molar-refractivity contribution is -0.186. The van der Waals surface area contributed by atoms with Crippen molar-refractivity contribution >= 4 is 5.91 Å². The zero-order valence-corrected chi connectivity index (χ0v) is 8.45. The molecule has 0 saturated carbocycles. The molecule has 0 aromatic heterocycles. The summed E-state index contributed by atoms with van der Waals surface area (Å²) >= 11 is 0. The van der Waals surface area contributed by atoms with Gasteiger partial charge in [0.05, 0.1) is 0 Å². The molecule has 0 atom stereocenters. The summed E-state index contributed by atoms with van der Waals surface area (Å²) in [7, 11) is 0. The second kappa shape index (κ2) is 3.54. The van der Waals surface area contributed by atoms with Gasteiger partial charge in [-0.2, -0.15) is 13.2 Å². The molecule has 0 spiro atoms. The molecule has 7 heteroatoms. The Balaban J connectivity index is 2.25. The largest absolute Gasteiger partial charge is 0.504 e. The molecule has 0 unspecified atom stereocenters. The summed E-state index contributed by atoms with van der Waals surface area (Å²) in [5, 5.41) is 18.4. The quantitative estimate of drug-likeness (QED) is 0.683. The van der Waals surface area contributed by atoms with E-state index >= 15 is 0 Å². The normalized spacial score (nSPS) is 14.9. The third kappa shape index (κ3) is 2.00. The number of fused-ring (bicyclic) bond motifs is 1. The molecule has 0 fully saturated rings. The Morgan fingerprint density at radius 3 is 1.88 bits per heavy atom. The summed E-state index contributed by atoms with van der Waals surface area (Å²) < 4.78 is 36.6. The Morgan fingerprint density at radius 1 is 1.12 bits per heavy atom. The Bertz CT molecular complexity index is 453. The van der Waals surface area contributed by atoms with E-state index in [1.165, 1.54) is 0 Å². The van der Waals surface area contributed by atoms with Crippen molar-refractivity contribution in [3.8, 4) is 11.5 Å². The van der Waals surface area contributed by atoms with E-state index in [9.17, 15) is 28.2 Å². The first kappa shape index (κ1) is 11.6. The van der Waals surface area contributed by atoms with Crippen LogP contribution < -0.4 is 0 Å². The minimum absolute atomic E-state index is 0.221. The molecular weight excluding hydrogens is 239 g/mol. The van der Waals surface area contributed by atoms with Crippen molar-refractivity contribution in [3.05, 3.63) is 23.3 Å². The highest BCUT2D eigenvalue weighted by Gasteiger charge is 2.44. The SMILES string of the molecule is O=C(N1Cc2cc(O)c(O)cc2C1)C(F)(F)F. The highest BCUT2D eigenvalue weighted by atomic mass is 19.4. The second-order valence-electron chi connectivity index (χ2n) is 3.77. The van der Waals surface area contributed by atoms with Crippen molar-refractivity contribution in [2.75, 3.05) is 0 Å². The first-order valence-electron chi connectivity index (χ1n) is 4.69. The second-order valence-corrected chi connectivity index (χ2v) is 3.77. The number of phenolic OH excluding ortho intramolecular Hbond substituents is 2. The predicted molar refractivity (Wildman–Crippen MR) is 50.1 cm³/mol. The van der Waals surface area contributed by atoms with E-state index in [-0.39, 0.29) is 13.1 Å². The Kier molecular flexibility index (Phi) is 2.41. The van der Waals surface area contributed by atoms with Crippen LogP contribution in [0.25, 0.3) is 0 Å². The predicted octanol–water partition coefficient (Wildman–Crippen LogP) is 1.50. The number of amides is 1. The van der Waals surface area contributed by atoms with Gasteiger partial charge in [0.15, 0.2) is 11.5 Å². The maximum atomic E-state index is 12.2. The van der Waals surface area contributed by atoms with E-state index < -0.39 is 23.6 Å². The molecule has 1 aliphatic heterocycles. The van der Waals surface area contributed by atoms with Gasteiger partial charge in [0, 0.05) is 13.1 Å². The summed E-state index contributed by atoms with van der Waals surface area (Å²) in [5.74, 6) is -2.75. The number of phenols is 2. The maximum absolute atomic E-state index is 12.2. The van der Waals surface area contributed by atoms with Gasteiger partial charge in [-0.05, 0) is 23.3 Å². The highest BCUT2D eigenvalue weighted by Crippen LogP contribution is 2.34. The first-order valence-corrected chi connectivity index (χ1v) is 4.69. The number of nitrogens with zero attached hydrogens (tertiary/aromatic N) is 1. The Morgan fingerprint density at radius 2 is 1.53 bits per heavy atom. The zero-order chi connectivity index (χ0) is 12.8. The van der Waals surface area contributed by atoms with Crippen LogP contribution in [0.4, 0.5) is 13.2 Å². The van der Waals surface area contributed by atoms with E-state index in [0.29, 0.717) is 16.0 Å². The van der Waals surface area contributed by atoms with Gasteiger partial charge in [-0.3, -0.25) is 4.79 Å². The third-order valence-corrected chi connectivity index (χ3v) is 2.55. The number of rotatable bonds is 0. The number of hydrogen-bond acceptors (Lipinski definition) is 3. The molecule has 4 nitrogen and oxygen atoms in total. The van der Waals surface area contributed by atoms with Gasteiger partial charge < -0.3 is 15.1 Å². The lowest BCUT2D eigenvalue weighted by Crippen LogP contribution is -2.37. The molecule has 0 radical (unpaired) electrons. The van der Waals surface area contributed by atoms with Crippen LogP contribution in [0.15, 0.2) is 12.1 Å². The Labute approximate surface area is 93.9 Å². The van der Waals surface area contributed by atoms with Crippen molar-refractivity contribution in [1.29, 1.82) is 0 Å². The van der Waals surface area contributed by atoms with E-state index in [4.69, 9.17) is 0 Å². The van der Waals surface area contributed by atoms with E-state index in [1.54, 1.807) is 0 Å². The maximum Gasteiger partial charge on any atom is 0.471 e.